The van der Waals surface area contributed by atoms with Crippen molar-refractivity contribution in [2.45, 2.75) is 20.4 Å². The number of benzene rings is 1. The maximum Gasteiger partial charge on any atom is 0.123 e. The Morgan fingerprint density at radius 1 is 1.39 bits per heavy atom. The van der Waals surface area contributed by atoms with Gasteiger partial charge < -0.3 is 5.73 Å². The van der Waals surface area contributed by atoms with Crippen molar-refractivity contribution in [2.75, 3.05) is 0 Å². The number of hydrogen-bond acceptors (Lipinski definition) is 2. The molecule has 1 aromatic carbocycles. The van der Waals surface area contributed by atoms with Gasteiger partial charge in [-0.25, -0.2) is 4.39 Å². The molecule has 3 nitrogen and oxygen atoms in total. The summed E-state index contributed by atoms with van der Waals surface area (Å²) in [6, 6.07) is 6.45. The summed E-state index contributed by atoms with van der Waals surface area (Å²) in [4.78, 5) is 0.200. The number of aromatic nitrogens is 2. The molecule has 0 amide bonds. The average Bonchev–Trinajstić information content (AvgIpc) is 2.60. The Bertz CT molecular complexity index is 604. The Morgan fingerprint density at radius 2 is 2.11 bits per heavy atom. The van der Waals surface area contributed by atoms with Gasteiger partial charge in [0.25, 0.3) is 0 Å². The highest BCUT2D eigenvalue weighted by molar-refractivity contribution is 7.80. The SMILES string of the molecule is Cc1cc(C)n(Cc2ccc(F)cc2C(N)=S)n1. The number of nitrogens with two attached hydrogens (primary N) is 1. The largest absolute Gasteiger partial charge is 0.389 e. The van der Waals surface area contributed by atoms with Crippen LogP contribution in [-0.2, 0) is 6.54 Å². The van der Waals surface area contributed by atoms with E-state index in [4.69, 9.17) is 18.0 Å². The third-order valence-electron chi connectivity index (χ3n) is 2.76. The molecule has 18 heavy (non-hydrogen) atoms. The van der Waals surface area contributed by atoms with Crippen molar-refractivity contribution in [1.29, 1.82) is 0 Å². The minimum atomic E-state index is -0.338. The smallest absolute Gasteiger partial charge is 0.123 e. The van der Waals surface area contributed by atoms with Crippen molar-refractivity contribution in [3.63, 3.8) is 0 Å². The van der Waals surface area contributed by atoms with Gasteiger partial charge in [-0.2, -0.15) is 5.10 Å². The lowest BCUT2D eigenvalue weighted by molar-refractivity contribution is 0.622. The first-order valence-electron chi connectivity index (χ1n) is 5.56. The standard InChI is InChI=1S/C13H14FN3S/c1-8-5-9(2)17(16-8)7-10-3-4-11(14)6-12(10)13(15)18/h3-6H,7H2,1-2H3,(H2,15,18). The number of thiocarbonyl (C=S) groups is 1. The van der Waals surface area contributed by atoms with Crippen molar-refractivity contribution in [3.05, 3.63) is 52.6 Å². The van der Waals surface area contributed by atoms with Gasteiger partial charge in [-0.3, -0.25) is 4.68 Å². The van der Waals surface area contributed by atoms with Crippen molar-refractivity contribution >= 4 is 17.2 Å². The third-order valence-corrected chi connectivity index (χ3v) is 2.98. The first kappa shape index (κ1) is 12.7. The molecule has 1 heterocycles. The maximum absolute atomic E-state index is 13.2. The molecular weight excluding hydrogens is 249 g/mol. The van der Waals surface area contributed by atoms with E-state index < -0.39 is 0 Å². The lowest BCUT2D eigenvalue weighted by Crippen LogP contribution is -2.15. The molecule has 0 saturated heterocycles. The molecule has 2 aromatic rings. The van der Waals surface area contributed by atoms with Crippen molar-refractivity contribution in [1.82, 2.24) is 9.78 Å². The molecule has 0 unspecified atom stereocenters. The zero-order valence-electron chi connectivity index (χ0n) is 10.3. The third kappa shape index (κ3) is 2.56. The Balaban J connectivity index is 2.40. The zero-order chi connectivity index (χ0) is 13.3. The van der Waals surface area contributed by atoms with Crippen LogP contribution in [0.15, 0.2) is 24.3 Å². The molecule has 0 aliphatic heterocycles. The van der Waals surface area contributed by atoms with Gasteiger partial charge in [0, 0.05) is 11.3 Å². The highest BCUT2D eigenvalue weighted by Gasteiger charge is 2.09. The Kier molecular flexibility index (Phi) is 3.43. The molecule has 0 aliphatic rings. The van der Waals surface area contributed by atoms with Gasteiger partial charge in [0.2, 0.25) is 0 Å². The van der Waals surface area contributed by atoms with Gasteiger partial charge in [-0.05, 0) is 37.6 Å². The highest BCUT2D eigenvalue weighted by atomic mass is 32.1. The number of nitrogens with zero attached hydrogens (tertiary/aromatic N) is 2. The first-order chi connectivity index (χ1) is 8.47. The predicted molar refractivity (Wildman–Crippen MR) is 73.1 cm³/mol. The molecule has 2 N–H and O–H groups in total. The number of aryl methyl sites for hydroxylation is 2. The van der Waals surface area contributed by atoms with E-state index in [2.05, 4.69) is 5.10 Å². The zero-order valence-corrected chi connectivity index (χ0v) is 11.1. The van der Waals surface area contributed by atoms with Crippen LogP contribution in [-0.4, -0.2) is 14.8 Å². The molecule has 0 atom stereocenters. The summed E-state index contributed by atoms with van der Waals surface area (Å²) in [5.41, 5.74) is 9.05. The minimum absolute atomic E-state index is 0.200. The average molecular weight is 263 g/mol. The fourth-order valence-electron chi connectivity index (χ4n) is 1.91. The van der Waals surface area contributed by atoms with Crippen LogP contribution in [0.1, 0.15) is 22.5 Å². The van der Waals surface area contributed by atoms with Crippen LogP contribution in [0.5, 0.6) is 0 Å². The van der Waals surface area contributed by atoms with E-state index in [1.165, 1.54) is 12.1 Å². The Morgan fingerprint density at radius 3 is 2.67 bits per heavy atom. The van der Waals surface area contributed by atoms with E-state index in [1.54, 1.807) is 6.07 Å². The number of hydrogen-bond donors (Lipinski definition) is 1. The van der Waals surface area contributed by atoms with Gasteiger partial charge in [0.15, 0.2) is 0 Å². The van der Waals surface area contributed by atoms with Crippen molar-refractivity contribution in [2.24, 2.45) is 5.73 Å². The summed E-state index contributed by atoms with van der Waals surface area (Å²) in [5, 5.41) is 4.37. The molecule has 0 saturated carbocycles. The first-order valence-corrected chi connectivity index (χ1v) is 5.97. The summed E-state index contributed by atoms with van der Waals surface area (Å²) >= 11 is 4.94. The predicted octanol–water partition coefficient (Wildman–Crippen LogP) is 2.32. The molecule has 0 radical (unpaired) electrons. The fourth-order valence-corrected chi connectivity index (χ4v) is 2.10. The van der Waals surface area contributed by atoms with Crippen LogP contribution < -0.4 is 5.73 Å². The molecule has 0 spiro atoms. The van der Waals surface area contributed by atoms with Crippen molar-refractivity contribution in [3.8, 4) is 0 Å². The summed E-state index contributed by atoms with van der Waals surface area (Å²) < 4.78 is 15.0. The highest BCUT2D eigenvalue weighted by Crippen LogP contribution is 2.14. The maximum atomic E-state index is 13.2. The fraction of sp³-hybridized carbons (Fsp3) is 0.231. The van der Waals surface area contributed by atoms with Crippen molar-refractivity contribution < 1.29 is 4.39 Å². The second kappa shape index (κ2) is 4.86. The van der Waals surface area contributed by atoms with E-state index in [1.807, 2.05) is 24.6 Å². The van der Waals surface area contributed by atoms with E-state index in [9.17, 15) is 4.39 Å². The molecule has 0 fully saturated rings. The van der Waals surface area contributed by atoms with E-state index in [-0.39, 0.29) is 10.8 Å². The van der Waals surface area contributed by atoms with Crippen LogP contribution >= 0.6 is 12.2 Å². The number of rotatable bonds is 3. The summed E-state index contributed by atoms with van der Waals surface area (Å²) in [6.07, 6.45) is 0. The van der Waals surface area contributed by atoms with Gasteiger partial charge in [0.05, 0.1) is 12.2 Å². The quantitative estimate of drug-likeness (QED) is 0.864. The lowest BCUT2D eigenvalue weighted by Gasteiger charge is -2.10. The summed E-state index contributed by atoms with van der Waals surface area (Å²) in [5.74, 6) is -0.338. The van der Waals surface area contributed by atoms with Crippen LogP contribution in [0.4, 0.5) is 4.39 Å². The molecular formula is C13H14FN3S. The second-order valence-corrected chi connectivity index (χ2v) is 4.69. The number of halogens is 1. The molecule has 0 aliphatic carbocycles. The summed E-state index contributed by atoms with van der Waals surface area (Å²) in [7, 11) is 0. The van der Waals surface area contributed by atoms with Crippen LogP contribution in [0, 0.1) is 19.7 Å². The minimum Gasteiger partial charge on any atom is -0.389 e. The molecule has 0 bridgehead atoms. The molecule has 94 valence electrons. The molecule has 5 heteroatoms. The van der Waals surface area contributed by atoms with Gasteiger partial charge in [0.1, 0.15) is 10.8 Å². The summed E-state index contributed by atoms with van der Waals surface area (Å²) in [6.45, 7) is 4.44. The normalized spacial score (nSPS) is 10.6. The van der Waals surface area contributed by atoms with Gasteiger partial charge in [-0.1, -0.05) is 18.3 Å². The topological polar surface area (TPSA) is 43.8 Å². The monoisotopic (exact) mass is 263 g/mol. The second-order valence-electron chi connectivity index (χ2n) is 4.25. The van der Waals surface area contributed by atoms with Crippen LogP contribution in [0.3, 0.4) is 0 Å². The van der Waals surface area contributed by atoms with Gasteiger partial charge in [-0.15, -0.1) is 0 Å². The van der Waals surface area contributed by atoms with Crippen LogP contribution in [0.2, 0.25) is 0 Å². The van der Waals surface area contributed by atoms with E-state index >= 15 is 0 Å². The van der Waals surface area contributed by atoms with E-state index in [0.29, 0.717) is 12.1 Å². The molecule has 1 aromatic heterocycles. The van der Waals surface area contributed by atoms with Crippen LogP contribution in [0.25, 0.3) is 0 Å². The Labute approximate surface area is 110 Å². The van der Waals surface area contributed by atoms with Gasteiger partial charge >= 0.3 is 0 Å². The lowest BCUT2D eigenvalue weighted by atomic mass is 10.1. The van der Waals surface area contributed by atoms with E-state index in [0.717, 1.165) is 17.0 Å². The Hall–Kier alpha value is -1.75. The molecule has 2 rings (SSSR count).